The molecular weight excluding hydrogens is 290 g/mol. The third-order valence-electron chi connectivity index (χ3n) is 3.59. The third-order valence-corrected chi connectivity index (χ3v) is 3.59. The number of para-hydroxylation sites is 1. The Labute approximate surface area is 137 Å². The number of ether oxygens (including phenoxy) is 2. The zero-order valence-corrected chi connectivity index (χ0v) is 14.1. The van der Waals surface area contributed by atoms with E-state index in [0.717, 1.165) is 16.8 Å². The second kappa shape index (κ2) is 7.79. The number of carbonyl (C=O) groups is 1. The maximum Gasteiger partial charge on any atom is 0.259 e. The molecule has 4 nitrogen and oxygen atoms in total. The highest BCUT2D eigenvalue weighted by Gasteiger charge is 2.14. The average molecular weight is 313 g/mol. The van der Waals surface area contributed by atoms with E-state index in [-0.39, 0.29) is 5.91 Å². The summed E-state index contributed by atoms with van der Waals surface area (Å²) in [6.07, 6.45) is 0. The molecule has 0 saturated carbocycles. The molecule has 0 aliphatic heterocycles. The number of hydrogen-bond acceptors (Lipinski definition) is 3. The van der Waals surface area contributed by atoms with Crippen LogP contribution in [0.5, 0.6) is 5.75 Å². The summed E-state index contributed by atoms with van der Waals surface area (Å²) in [4.78, 5) is 12.6. The fraction of sp³-hybridized carbons (Fsp3) is 0.316. The SMILES string of the molecule is COCCOc1ccccc1C(=O)Nc1c(C)cc(C)cc1C. The monoisotopic (exact) mass is 313 g/mol. The van der Waals surface area contributed by atoms with E-state index in [1.807, 2.05) is 32.9 Å². The van der Waals surface area contributed by atoms with Crippen molar-refractivity contribution in [2.75, 3.05) is 25.6 Å². The number of benzene rings is 2. The molecule has 0 aliphatic carbocycles. The van der Waals surface area contributed by atoms with E-state index in [0.29, 0.717) is 24.5 Å². The van der Waals surface area contributed by atoms with Gasteiger partial charge < -0.3 is 14.8 Å². The molecule has 0 spiro atoms. The quantitative estimate of drug-likeness (QED) is 0.823. The van der Waals surface area contributed by atoms with Crippen molar-refractivity contribution >= 4 is 11.6 Å². The number of nitrogens with one attached hydrogen (secondary N) is 1. The van der Waals surface area contributed by atoms with Crippen LogP contribution in [0.1, 0.15) is 27.0 Å². The lowest BCUT2D eigenvalue weighted by atomic mass is 10.0. The zero-order chi connectivity index (χ0) is 16.8. The van der Waals surface area contributed by atoms with Crippen LogP contribution in [0.25, 0.3) is 0 Å². The van der Waals surface area contributed by atoms with Gasteiger partial charge in [0.05, 0.1) is 12.2 Å². The Morgan fingerprint density at radius 1 is 1.04 bits per heavy atom. The number of methoxy groups -OCH3 is 1. The minimum absolute atomic E-state index is 0.173. The molecule has 23 heavy (non-hydrogen) atoms. The van der Waals surface area contributed by atoms with E-state index >= 15 is 0 Å². The van der Waals surface area contributed by atoms with Crippen LogP contribution in [0.2, 0.25) is 0 Å². The van der Waals surface area contributed by atoms with Crippen LogP contribution in [0.3, 0.4) is 0 Å². The summed E-state index contributed by atoms with van der Waals surface area (Å²) in [5.41, 5.74) is 4.65. The number of aryl methyl sites for hydroxylation is 3. The Hall–Kier alpha value is -2.33. The molecule has 0 fully saturated rings. The van der Waals surface area contributed by atoms with Crippen molar-refractivity contribution in [1.29, 1.82) is 0 Å². The van der Waals surface area contributed by atoms with Crippen LogP contribution in [-0.4, -0.2) is 26.2 Å². The van der Waals surface area contributed by atoms with Gasteiger partial charge in [0.25, 0.3) is 5.91 Å². The van der Waals surface area contributed by atoms with Crippen molar-refractivity contribution in [3.63, 3.8) is 0 Å². The van der Waals surface area contributed by atoms with Crippen molar-refractivity contribution in [2.45, 2.75) is 20.8 Å². The molecule has 0 aromatic heterocycles. The van der Waals surface area contributed by atoms with E-state index < -0.39 is 0 Å². The van der Waals surface area contributed by atoms with E-state index in [1.54, 1.807) is 19.2 Å². The highest BCUT2D eigenvalue weighted by atomic mass is 16.5. The molecule has 0 heterocycles. The standard InChI is InChI=1S/C19H23NO3/c1-13-11-14(2)18(15(3)12-13)20-19(21)16-7-5-6-8-17(16)23-10-9-22-4/h5-8,11-12H,9-10H2,1-4H3,(H,20,21). The van der Waals surface area contributed by atoms with E-state index in [1.165, 1.54) is 5.56 Å². The second-order valence-corrected chi connectivity index (χ2v) is 5.57. The van der Waals surface area contributed by atoms with Gasteiger partial charge >= 0.3 is 0 Å². The first-order chi connectivity index (χ1) is 11.0. The highest BCUT2D eigenvalue weighted by molar-refractivity contribution is 6.06. The molecule has 0 aliphatic rings. The average Bonchev–Trinajstić information content (AvgIpc) is 2.51. The van der Waals surface area contributed by atoms with Gasteiger partial charge in [-0.2, -0.15) is 0 Å². The molecular formula is C19H23NO3. The Morgan fingerprint density at radius 3 is 2.35 bits per heavy atom. The molecule has 0 atom stereocenters. The molecule has 0 unspecified atom stereocenters. The molecule has 0 bridgehead atoms. The van der Waals surface area contributed by atoms with Crippen LogP contribution in [0.15, 0.2) is 36.4 Å². The van der Waals surface area contributed by atoms with Gasteiger partial charge in [0.15, 0.2) is 0 Å². The zero-order valence-electron chi connectivity index (χ0n) is 14.1. The summed E-state index contributed by atoms with van der Waals surface area (Å²) in [6.45, 7) is 6.92. The van der Waals surface area contributed by atoms with Gasteiger partial charge in [0.1, 0.15) is 12.4 Å². The summed E-state index contributed by atoms with van der Waals surface area (Å²) in [5, 5.41) is 3.00. The van der Waals surface area contributed by atoms with E-state index in [4.69, 9.17) is 9.47 Å². The molecule has 2 aromatic carbocycles. The van der Waals surface area contributed by atoms with Crippen molar-refractivity contribution in [3.05, 3.63) is 58.7 Å². The predicted molar refractivity (Wildman–Crippen MR) is 92.4 cm³/mol. The maximum absolute atomic E-state index is 12.6. The lowest BCUT2D eigenvalue weighted by Gasteiger charge is -2.15. The molecule has 2 rings (SSSR count). The number of rotatable bonds is 6. The Balaban J connectivity index is 2.21. The second-order valence-electron chi connectivity index (χ2n) is 5.57. The van der Waals surface area contributed by atoms with Crippen LogP contribution in [0, 0.1) is 20.8 Å². The van der Waals surface area contributed by atoms with E-state index in [9.17, 15) is 4.79 Å². The lowest BCUT2D eigenvalue weighted by Crippen LogP contribution is -2.16. The lowest BCUT2D eigenvalue weighted by molar-refractivity contribution is 0.101. The fourth-order valence-electron chi connectivity index (χ4n) is 2.57. The molecule has 2 aromatic rings. The summed E-state index contributed by atoms with van der Waals surface area (Å²) in [7, 11) is 1.62. The van der Waals surface area contributed by atoms with Gasteiger partial charge in [-0.25, -0.2) is 0 Å². The smallest absolute Gasteiger partial charge is 0.259 e. The third kappa shape index (κ3) is 4.33. The number of amides is 1. The number of anilines is 1. The van der Waals surface area contributed by atoms with Crippen LogP contribution in [0.4, 0.5) is 5.69 Å². The van der Waals surface area contributed by atoms with Gasteiger partial charge in [-0.05, 0) is 44.0 Å². The topological polar surface area (TPSA) is 47.6 Å². The van der Waals surface area contributed by atoms with Crippen LogP contribution < -0.4 is 10.1 Å². The van der Waals surface area contributed by atoms with Crippen LogP contribution >= 0.6 is 0 Å². The summed E-state index contributed by atoms with van der Waals surface area (Å²) in [6, 6.07) is 11.3. The normalized spacial score (nSPS) is 10.4. The molecule has 1 N–H and O–H groups in total. The summed E-state index contributed by atoms with van der Waals surface area (Å²) >= 11 is 0. The first-order valence-electron chi connectivity index (χ1n) is 7.63. The number of hydrogen-bond donors (Lipinski definition) is 1. The van der Waals surface area contributed by atoms with Crippen molar-refractivity contribution in [2.24, 2.45) is 0 Å². The Kier molecular flexibility index (Phi) is 5.77. The first-order valence-corrected chi connectivity index (χ1v) is 7.63. The molecule has 122 valence electrons. The maximum atomic E-state index is 12.6. The summed E-state index contributed by atoms with van der Waals surface area (Å²) in [5.74, 6) is 0.387. The summed E-state index contributed by atoms with van der Waals surface area (Å²) < 4.78 is 10.6. The minimum atomic E-state index is -0.173. The van der Waals surface area contributed by atoms with Gasteiger partial charge in [0, 0.05) is 12.8 Å². The molecule has 0 radical (unpaired) electrons. The van der Waals surface area contributed by atoms with Gasteiger partial charge in [-0.1, -0.05) is 29.8 Å². The highest BCUT2D eigenvalue weighted by Crippen LogP contribution is 2.25. The van der Waals surface area contributed by atoms with Gasteiger partial charge in [-0.15, -0.1) is 0 Å². The minimum Gasteiger partial charge on any atom is -0.490 e. The van der Waals surface area contributed by atoms with Crippen molar-refractivity contribution < 1.29 is 14.3 Å². The molecule has 4 heteroatoms. The van der Waals surface area contributed by atoms with Crippen molar-refractivity contribution in [3.8, 4) is 5.75 Å². The van der Waals surface area contributed by atoms with E-state index in [2.05, 4.69) is 17.4 Å². The molecule has 0 saturated heterocycles. The fourth-order valence-corrected chi connectivity index (χ4v) is 2.57. The number of carbonyl (C=O) groups excluding carboxylic acids is 1. The van der Waals surface area contributed by atoms with Crippen molar-refractivity contribution in [1.82, 2.24) is 0 Å². The largest absolute Gasteiger partial charge is 0.490 e. The predicted octanol–water partition coefficient (Wildman–Crippen LogP) is 3.89. The molecule has 1 amide bonds. The van der Waals surface area contributed by atoms with Crippen LogP contribution in [-0.2, 0) is 4.74 Å². The van der Waals surface area contributed by atoms with Gasteiger partial charge in [0.2, 0.25) is 0 Å². The van der Waals surface area contributed by atoms with Gasteiger partial charge in [-0.3, -0.25) is 4.79 Å². The Morgan fingerprint density at radius 2 is 1.70 bits per heavy atom. The first kappa shape index (κ1) is 17.0. The Bertz CT molecular complexity index is 672.